The third-order valence-electron chi connectivity index (χ3n) is 7.91. The van der Waals surface area contributed by atoms with Crippen molar-refractivity contribution >= 4 is 12.0 Å². The van der Waals surface area contributed by atoms with E-state index < -0.39 is 6.09 Å². The molecule has 3 aromatic carbocycles. The van der Waals surface area contributed by atoms with E-state index in [2.05, 4.69) is 0 Å². The molecule has 4 rings (SSSR count). The van der Waals surface area contributed by atoms with Gasteiger partial charge in [-0.2, -0.15) is 0 Å². The Morgan fingerprint density at radius 1 is 0.956 bits per heavy atom. The molecule has 3 aromatic rings. The Balaban J connectivity index is 1.30. The third kappa shape index (κ3) is 9.94. The number of hydrogen-bond donors (Lipinski definition) is 1. The van der Waals surface area contributed by atoms with Crippen molar-refractivity contribution in [3.05, 3.63) is 95.1 Å². The average molecular weight is 621 g/mol. The number of carbonyl (C=O) groups is 2. The number of carboxylic acid groups (broad SMARTS) is 1. The predicted molar refractivity (Wildman–Crippen MR) is 170 cm³/mol. The van der Waals surface area contributed by atoms with Crippen LogP contribution >= 0.6 is 0 Å². The molecule has 0 bridgehead atoms. The molecule has 1 saturated heterocycles. The molecule has 2 unspecified atom stereocenters. The van der Waals surface area contributed by atoms with Crippen LogP contribution in [0.15, 0.2) is 72.8 Å². The second-order valence-corrected chi connectivity index (χ2v) is 11.0. The van der Waals surface area contributed by atoms with E-state index in [1.54, 1.807) is 32.2 Å². The molecule has 2 amide bonds. The third-order valence-corrected chi connectivity index (χ3v) is 7.91. The smallest absolute Gasteiger partial charge is 0.407 e. The van der Waals surface area contributed by atoms with E-state index in [1.165, 1.54) is 4.90 Å². The first-order chi connectivity index (χ1) is 21.9. The number of para-hydroxylation sites is 1. The summed E-state index contributed by atoms with van der Waals surface area (Å²) in [6.45, 7) is 3.50. The lowest BCUT2D eigenvalue weighted by atomic mass is 9.87. The molecule has 1 aliphatic rings. The maximum atomic E-state index is 12.8. The topological polar surface area (TPSA) is 107 Å². The molecule has 10 nitrogen and oxygen atoms in total. The number of amides is 2. The minimum Gasteiger partial charge on any atom is -0.496 e. The molecular formula is C35H44N2O8. The highest BCUT2D eigenvalue weighted by Gasteiger charge is 2.33. The van der Waals surface area contributed by atoms with E-state index in [4.69, 9.17) is 23.7 Å². The van der Waals surface area contributed by atoms with Crippen molar-refractivity contribution in [3.8, 4) is 11.5 Å². The van der Waals surface area contributed by atoms with Crippen LogP contribution in [0.4, 0.5) is 4.79 Å². The van der Waals surface area contributed by atoms with Crippen molar-refractivity contribution in [3.63, 3.8) is 0 Å². The van der Waals surface area contributed by atoms with Crippen LogP contribution < -0.4 is 9.47 Å². The second kappa shape index (κ2) is 17.4. The molecule has 0 aliphatic carbocycles. The number of piperidine rings is 1. The SMILES string of the molecule is COCCN(C)C(=O)c1cccc(COC2CN(C(=O)O)CCC2c2ccc(OCCCOCc3ccccc3OC)cc2)c1. The zero-order valence-electron chi connectivity index (χ0n) is 26.4. The summed E-state index contributed by atoms with van der Waals surface area (Å²) in [5, 5.41) is 9.65. The zero-order chi connectivity index (χ0) is 32.0. The normalized spacial score (nSPS) is 16.3. The molecule has 242 valence electrons. The van der Waals surface area contributed by atoms with Crippen molar-refractivity contribution in [1.29, 1.82) is 0 Å². The van der Waals surface area contributed by atoms with Crippen LogP contribution in [0.25, 0.3) is 0 Å². The number of carbonyl (C=O) groups excluding carboxylic acids is 1. The summed E-state index contributed by atoms with van der Waals surface area (Å²) in [6, 6.07) is 23.1. The number of hydrogen-bond acceptors (Lipinski definition) is 7. The minimum absolute atomic E-state index is 0.0167. The zero-order valence-corrected chi connectivity index (χ0v) is 26.4. The van der Waals surface area contributed by atoms with E-state index in [9.17, 15) is 14.7 Å². The van der Waals surface area contributed by atoms with E-state index >= 15 is 0 Å². The molecule has 0 saturated carbocycles. The van der Waals surface area contributed by atoms with Gasteiger partial charge in [0.2, 0.25) is 0 Å². The highest BCUT2D eigenvalue weighted by molar-refractivity contribution is 5.94. The van der Waals surface area contributed by atoms with Crippen molar-refractivity contribution in [2.24, 2.45) is 0 Å². The van der Waals surface area contributed by atoms with Gasteiger partial charge in [0.1, 0.15) is 11.5 Å². The van der Waals surface area contributed by atoms with Gasteiger partial charge in [-0.3, -0.25) is 4.79 Å². The average Bonchev–Trinajstić information content (AvgIpc) is 3.07. The number of nitrogens with zero attached hydrogens (tertiary/aromatic N) is 2. The fraction of sp³-hybridized carbons (Fsp3) is 0.429. The lowest BCUT2D eigenvalue weighted by Crippen LogP contribution is -2.46. The first-order valence-electron chi connectivity index (χ1n) is 15.2. The fourth-order valence-corrected chi connectivity index (χ4v) is 5.35. The molecule has 1 fully saturated rings. The highest BCUT2D eigenvalue weighted by atomic mass is 16.5. The molecule has 0 spiro atoms. The lowest BCUT2D eigenvalue weighted by Gasteiger charge is -2.37. The maximum absolute atomic E-state index is 12.8. The monoisotopic (exact) mass is 620 g/mol. The standard InChI is InChI=1S/C35H44N2O8/c1-36(18-21-41-2)34(38)28-10-6-8-26(22-28)24-45-33-23-37(35(39)40)17-16-31(33)27-12-14-30(15-13-27)44-20-7-19-43-25-29-9-4-5-11-32(29)42-3/h4-6,8-15,22,31,33H,7,16-21,23-25H2,1-3H3,(H,39,40). The summed E-state index contributed by atoms with van der Waals surface area (Å²) in [7, 11) is 5.00. The molecular weight excluding hydrogens is 576 g/mol. The lowest BCUT2D eigenvalue weighted by molar-refractivity contribution is -0.0199. The van der Waals surface area contributed by atoms with E-state index in [0.29, 0.717) is 51.5 Å². The van der Waals surface area contributed by atoms with Crippen LogP contribution in [-0.4, -0.2) is 93.7 Å². The number of rotatable bonds is 16. The highest BCUT2D eigenvalue weighted by Crippen LogP contribution is 2.32. The van der Waals surface area contributed by atoms with E-state index in [1.807, 2.05) is 66.7 Å². The molecule has 10 heteroatoms. The summed E-state index contributed by atoms with van der Waals surface area (Å²) >= 11 is 0. The van der Waals surface area contributed by atoms with Gasteiger partial charge in [0.15, 0.2) is 0 Å². The van der Waals surface area contributed by atoms with Crippen LogP contribution in [0.3, 0.4) is 0 Å². The largest absolute Gasteiger partial charge is 0.496 e. The van der Waals surface area contributed by atoms with Gasteiger partial charge in [-0.1, -0.05) is 42.5 Å². The van der Waals surface area contributed by atoms with Crippen LogP contribution in [0, 0.1) is 0 Å². The molecule has 1 aliphatic heterocycles. The fourth-order valence-electron chi connectivity index (χ4n) is 5.35. The molecule has 1 heterocycles. The number of benzene rings is 3. The Morgan fingerprint density at radius 3 is 2.51 bits per heavy atom. The first-order valence-corrected chi connectivity index (χ1v) is 15.2. The van der Waals surface area contributed by atoms with Gasteiger partial charge in [0, 0.05) is 50.7 Å². The predicted octanol–water partition coefficient (Wildman–Crippen LogP) is 5.45. The van der Waals surface area contributed by atoms with Gasteiger partial charge in [-0.05, 0) is 47.9 Å². The summed E-state index contributed by atoms with van der Waals surface area (Å²) in [4.78, 5) is 27.6. The molecule has 1 N–H and O–H groups in total. The number of methoxy groups -OCH3 is 2. The minimum atomic E-state index is -0.954. The van der Waals surface area contributed by atoms with Crippen LogP contribution in [0.5, 0.6) is 11.5 Å². The van der Waals surface area contributed by atoms with Gasteiger partial charge >= 0.3 is 6.09 Å². The van der Waals surface area contributed by atoms with Crippen LogP contribution in [-0.2, 0) is 27.4 Å². The van der Waals surface area contributed by atoms with Gasteiger partial charge in [0.05, 0.1) is 52.8 Å². The summed E-state index contributed by atoms with van der Waals surface area (Å²) in [5.74, 6) is 1.51. The Bertz CT molecular complexity index is 1370. The van der Waals surface area contributed by atoms with Crippen molar-refractivity contribution < 1.29 is 38.4 Å². The Morgan fingerprint density at radius 2 is 1.76 bits per heavy atom. The van der Waals surface area contributed by atoms with Gasteiger partial charge in [0.25, 0.3) is 5.91 Å². The summed E-state index contributed by atoms with van der Waals surface area (Å²) in [5.41, 5.74) is 3.50. The van der Waals surface area contributed by atoms with Gasteiger partial charge < -0.3 is 38.6 Å². The summed E-state index contributed by atoms with van der Waals surface area (Å²) in [6.07, 6.45) is 0.0929. The van der Waals surface area contributed by atoms with Crippen LogP contribution in [0.1, 0.15) is 45.8 Å². The molecule has 0 aromatic heterocycles. The number of ether oxygens (including phenoxy) is 5. The quantitative estimate of drug-likeness (QED) is 0.211. The van der Waals surface area contributed by atoms with Crippen molar-refractivity contribution in [2.45, 2.75) is 38.1 Å². The second-order valence-electron chi connectivity index (χ2n) is 11.0. The van der Waals surface area contributed by atoms with Crippen molar-refractivity contribution in [2.75, 3.05) is 60.7 Å². The Kier molecular flexibility index (Phi) is 13.0. The molecule has 0 radical (unpaired) electrons. The number of likely N-dealkylation sites (tertiary alicyclic amines) is 1. The molecule has 45 heavy (non-hydrogen) atoms. The maximum Gasteiger partial charge on any atom is 0.407 e. The Hall–Kier alpha value is -4.12. The van der Waals surface area contributed by atoms with E-state index in [-0.39, 0.29) is 31.1 Å². The number of likely N-dealkylation sites (N-methyl/N-ethyl adjacent to an activating group) is 1. The van der Waals surface area contributed by atoms with Crippen molar-refractivity contribution in [1.82, 2.24) is 9.80 Å². The summed E-state index contributed by atoms with van der Waals surface area (Å²) < 4.78 is 28.5. The molecule has 2 atom stereocenters. The first kappa shape index (κ1) is 33.8. The van der Waals surface area contributed by atoms with Crippen LogP contribution in [0.2, 0.25) is 0 Å². The van der Waals surface area contributed by atoms with Gasteiger partial charge in [-0.25, -0.2) is 4.79 Å². The Labute approximate surface area is 265 Å². The van der Waals surface area contributed by atoms with Gasteiger partial charge in [-0.15, -0.1) is 0 Å². The van der Waals surface area contributed by atoms with E-state index in [0.717, 1.165) is 34.6 Å².